The molecule has 1 heterocycles. The summed E-state index contributed by atoms with van der Waals surface area (Å²) in [6.07, 6.45) is 1.19. The Labute approximate surface area is 177 Å². The third kappa shape index (κ3) is 4.46. The van der Waals surface area contributed by atoms with E-state index in [0.29, 0.717) is 37.4 Å². The fraction of sp³-hybridized carbons (Fsp3) is 0.435. The maximum Gasteiger partial charge on any atom is 0.306 e. The molecule has 1 N–H and O–H groups in total. The molecule has 2 aromatic rings. The fourth-order valence-corrected chi connectivity index (χ4v) is 4.06. The van der Waals surface area contributed by atoms with Crippen LogP contribution < -0.4 is 18.9 Å². The molecule has 0 radical (unpaired) electrons. The van der Waals surface area contributed by atoms with Crippen molar-refractivity contribution >= 4 is 5.97 Å². The van der Waals surface area contributed by atoms with Crippen LogP contribution in [-0.2, 0) is 4.79 Å². The summed E-state index contributed by atoms with van der Waals surface area (Å²) in [6.45, 7) is 1.30. The second-order valence-corrected chi connectivity index (χ2v) is 7.27. The molecule has 7 heteroatoms. The quantitative estimate of drug-likeness (QED) is 0.706. The first-order valence-electron chi connectivity index (χ1n) is 9.93. The molecule has 0 spiro atoms. The van der Waals surface area contributed by atoms with Crippen molar-refractivity contribution in [3.63, 3.8) is 0 Å². The Hall–Kier alpha value is -2.93. The lowest BCUT2D eigenvalue weighted by atomic mass is 9.90. The van der Waals surface area contributed by atoms with E-state index in [1.165, 1.54) is 0 Å². The Morgan fingerprint density at radius 1 is 0.867 bits per heavy atom. The van der Waals surface area contributed by atoms with Gasteiger partial charge in [-0.05, 0) is 56.3 Å². The highest BCUT2D eigenvalue weighted by atomic mass is 16.5. The normalized spacial score (nSPS) is 16.0. The van der Waals surface area contributed by atoms with Crippen molar-refractivity contribution in [3.8, 4) is 23.0 Å². The Bertz CT molecular complexity index is 876. The van der Waals surface area contributed by atoms with E-state index in [9.17, 15) is 9.90 Å². The molecule has 162 valence electrons. The summed E-state index contributed by atoms with van der Waals surface area (Å²) in [5, 5.41) is 9.40. The lowest BCUT2D eigenvalue weighted by molar-refractivity contribution is -0.143. The lowest BCUT2D eigenvalue weighted by Crippen LogP contribution is -2.39. The molecule has 7 nitrogen and oxygen atoms in total. The third-order valence-corrected chi connectivity index (χ3v) is 5.71. The smallest absolute Gasteiger partial charge is 0.306 e. The van der Waals surface area contributed by atoms with E-state index in [2.05, 4.69) is 4.90 Å². The molecule has 1 fully saturated rings. The molecular weight excluding hydrogens is 386 g/mol. The average Bonchev–Trinajstić information content (AvgIpc) is 2.79. The molecule has 0 amide bonds. The van der Waals surface area contributed by atoms with Gasteiger partial charge in [0.15, 0.2) is 0 Å². The Morgan fingerprint density at radius 3 is 2.03 bits per heavy atom. The van der Waals surface area contributed by atoms with Gasteiger partial charge in [-0.25, -0.2) is 0 Å². The summed E-state index contributed by atoms with van der Waals surface area (Å²) >= 11 is 0. The molecule has 1 aliphatic rings. The third-order valence-electron chi connectivity index (χ3n) is 5.71. The summed E-state index contributed by atoms with van der Waals surface area (Å²) < 4.78 is 22.2. The van der Waals surface area contributed by atoms with Gasteiger partial charge in [0.25, 0.3) is 0 Å². The molecule has 3 rings (SSSR count). The number of carboxylic acids is 1. The van der Waals surface area contributed by atoms with Gasteiger partial charge in [0.2, 0.25) is 0 Å². The van der Waals surface area contributed by atoms with Crippen LogP contribution in [0.2, 0.25) is 0 Å². The minimum absolute atomic E-state index is 0.189. The van der Waals surface area contributed by atoms with Crippen LogP contribution in [0, 0.1) is 5.92 Å². The number of ether oxygens (including phenoxy) is 4. The second kappa shape index (κ2) is 9.71. The van der Waals surface area contributed by atoms with E-state index in [0.717, 1.165) is 22.6 Å². The maximum absolute atomic E-state index is 11.4. The highest BCUT2D eigenvalue weighted by molar-refractivity contribution is 5.70. The van der Waals surface area contributed by atoms with Crippen molar-refractivity contribution in [1.82, 2.24) is 4.90 Å². The first-order valence-corrected chi connectivity index (χ1v) is 9.93. The van der Waals surface area contributed by atoms with Gasteiger partial charge in [-0.15, -0.1) is 0 Å². The SMILES string of the molecule is COc1ccc(C(c2cc(OC)ccc2OC)N2CCC(C(=O)O)CC2)c(OC)c1. The molecule has 1 aliphatic heterocycles. The fourth-order valence-electron chi connectivity index (χ4n) is 4.06. The molecule has 1 atom stereocenters. The van der Waals surface area contributed by atoms with E-state index < -0.39 is 5.97 Å². The van der Waals surface area contributed by atoms with Crippen molar-refractivity contribution in [1.29, 1.82) is 0 Å². The van der Waals surface area contributed by atoms with Crippen LogP contribution in [0.15, 0.2) is 36.4 Å². The molecule has 1 unspecified atom stereocenters. The van der Waals surface area contributed by atoms with Gasteiger partial charge in [-0.2, -0.15) is 0 Å². The van der Waals surface area contributed by atoms with Gasteiger partial charge in [0.05, 0.1) is 40.4 Å². The van der Waals surface area contributed by atoms with Crippen molar-refractivity contribution in [2.24, 2.45) is 5.92 Å². The van der Waals surface area contributed by atoms with E-state index in [-0.39, 0.29) is 12.0 Å². The van der Waals surface area contributed by atoms with Gasteiger partial charge < -0.3 is 24.1 Å². The van der Waals surface area contributed by atoms with Gasteiger partial charge >= 0.3 is 5.97 Å². The van der Waals surface area contributed by atoms with E-state index in [1.54, 1.807) is 28.4 Å². The summed E-state index contributed by atoms with van der Waals surface area (Å²) in [5.41, 5.74) is 1.90. The van der Waals surface area contributed by atoms with Gasteiger partial charge in [0.1, 0.15) is 23.0 Å². The predicted molar refractivity (Wildman–Crippen MR) is 113 cm³/mol. The minimum Gasteiger partial charge on any atom is -0.497 e. The number of aliphatic carboxylic acids is 1. The molecule has 0 saturated carbocycles. The van der Waals surface area contributed by atoms with Crippen LogP contribution in [0.5, 0.6) is 23.0 Å². The number of hydrogen-bond donors (Lipinski definition) is 1. The van der Waals surface area contributed by atoms with Crippen LogP contribution in [0.4, 0.5) is 0 Å². The molecule has 0 bridgehead atoms. The summed E-state index contributed by atoms with van der Waals surface area (Å²) in [5.74, 6) is 1.82. The van der Waals surface area contributed by atoms with Gasteiger partial charge in [0, 0.05) is 17.2 Å². The molecule has 0 aromatic heterocycles. The number of hydrogen-bond acceptors (Lipinski definition) is 6. The zero-order valence-corrected chi connectivity index (χ0v) is 17.9. The van der Waals surface area contributed by atoms with Crippen molar-refractivity contribution in [2.75, 3.05) is 41.5 Å². The topological polar surface area (TPSA) is 77.5 Å². The first kappa shape index (κ1) is 21.8. The number of likely N-dealkylation sites (tertiary alicyclic amines) is 1. The molecule has 0 aliphatic carbocycles. The van der Waals surface area contributed by atoms with Gasteiger partial charge in [-0.3, -0.25) is 9.69 Å². The second-order valence-electron chi connectivity index (χ2n) is 7.27. The average molecular weight is 415 g/mol. The number of carbonyl (C=O) groups is 1. The van der Waals surface area contributed by atoms with E-state index in [4.69, 9.17) is 18.9 Å². The summed E-state index contributed by atoms with van der Waals surface area (Å²) in [7, 11) is 6.53. The van der Waals surface area contributed by atoms with Crippen molar-refractivity contribution < 1.29 is 28.8 Å². The Kier molecular flexibility index (Phi) is 7.05. The lowest BCUT2D eigenvalue weighted by Gasteiger charge is -2.38. The van der Waals surface area contributed by atoms with E-state index >= 15 is 0 Å². The molecule has 1 saturated heterocycles. The summed E-state index contributed by atoms with van der Waals surface area (Å²) in [4.78, 5) is 13.7. The van der Waals surface area contributed by atoms with Crippen molar-refractivity contribution in [3.05, 3.63) is 47.5 Å². The minimum atomic E-state index is -0.729. The molecule has 30 heavy (non-hydrogen) atoms. The standard InChI is InChI=1S/C23H29NO6/c1-27-16-6-8-20(29-3)19(13-16)22(24-11-9-15(10-12-24)23(25)26)18-7-5-17(28-2)14-21(18)30-4/h5-8,13-15,22H,9-12H2,1-4H3,(H,25,26). The predicted octanol–water partition coefficient (Wildman–Crippen LogP) is 3.61. The number of piperidine rings is 1. The highest BCUT2D eigenvalue weighted by Crippen LogP contribution is 2.42. The Morgan fingerprint density at radius 2 is 1.47 bits per heavy atom. The zero-order chi connectivity index (χ0) is 21.7. The van der Waals surface area contributed by atoms with Gasteiger partial charge in [-0.1, -0.05) is 0 Å². The number of carboxylic acid groups (broad SMARTS) is 1. The molecule has 2 aromatic carbocycles. The zero-order valence-electron chi connectivity index (χ0n) is 17.9. The Balaban J connectivity index is 2.10. The van der Waals surface area contributed by atoms with Crippen molar-refractivity contribution in [2.45, 2.75) is 18.9 Å². The summed E-state index contributed by atoms with van der Waals surface area (Å²) in [6, 6.07) is 11.3. The van der Waals surface area contributed by atoms with Crippen LogP contribution in [-0.4, -0.2) is 57.5 Å². The van der Waals surface area contributed by atoms with E-state index in [1.807, 2.05) is 36.4 Å². The van der Waals surface area contributed by atoms with Crippen LogP contribution >= 0.6 is 0 Å². The highest BCUT2D eigenvalue weighted by Gasteiger charge is 2.33. The first-order chi connectivity index (χ1) is 14.5. The molecular formula is C23H29NO6. The number of rotatable bonds is 8. The van der Waals surface area contributed by atoms with Crippen LogP contribution in [0.1, 0.15) is 30.0 Å². The maximum atomic E-state index is 11.4. The largest absolute Gasteiger partial charge is 0.497 e. The van der Waals surface area contributed by atoms with Crippen LogP contribution in [0.25, 0.3) is 0 Å². The van der Waals surface area contributed by atoms with Crippen LogP contribution in [0.3, 0.4) is 0 Å². The monoisotopic (exact) mass is 415 g/mol. The number of nitrogens with zero attached hydrogens (tertiary/aromatic N) is 1. The number of benzene rings is 2. The number of methoxy groups -OCH3 is 4.